The number of hydrogen-bond acceptors (Lipinski definition) is 16. The Bertz CT molecular complexity index is 987. The zero-order chi connectivity index (χ0) is 31.0. The van der Waals surface area contributed by atoms with E-state index in [1.165, 1.54) is 0 Å². The smallest absolute Gasteiger partial charge is 0.303 e. The average molecular weight is 657 g/mol. The molecule has 2 aliphatic rings. The van der Waals surface area contributed by atoms with Gasteiger partial charge in [0.25, 0.3) is 0 Å². The summed E-state index contributed by atoms with van der Waals surface area (Å²) in [5, 5.41) is 10.6. The monoisotopic (exact) mass is 656 g/mol. The Balaban J connectivity index is 2.60. The Hall–Kier alpha value is -2.86. The van der Waals surface area contributed by atoms with Crippen LogP contribution >= 0.6 is 15.9 Å². The summed E-state index contributed by atoms with van der Waals surface area (Å²) in [4.78, 5) is 71.4. The molecule has 1 N–H and O–H groups in total. The molecule has 17 heteroatoms. The van der Waals surface area contributed by atoms with Crippen molar-refractivity contribution >= 4 is 51.7 Å². The lowest BCUT2D eigenvalue weighted by Crippen LogP contribution is -2.66. The highest BCUT2D eigenvalue weighted by Gasteiger charge is 2.56. The van der Waals surface area contributed by atoms with Gasteiger partial charge in [0.1, 0.15) is 24.9 Å². The van der Waals surface area contributed by atoms with Crippen molar-refractivity contribution in [1.29, 1.82) is 0 Å². The Kier molecular flexibility index (Phi) is 12.9. The topological polar surface area (TPSA) is 206 Å². The molecule has 0 bridgehead atoms. The van der Waals surface area contributed by atoms with Crippen LogP contribution in [0.2, 0.25) is 0 Å². The van der Waals surface area contributed by atoms with Crippen LogP contribution in [0.4, 0.5) is 0 Å². The van der Waals surface area contributed by atoms with Gasteiger partial charge in [-0.15, -0.1) is 0 Å². The Morgan fingerprint density at radius 1 is 0.585 bits per heavy atom. The summed E-state index contributed by atoms with van der Waals surface area (Å²) >= 11 is 3.24. The minimum absolute atomic E-state index is 0.00949. The van der Waals surface area contributed by atoms with Crippen molar-refractivity contribution < 1.29 is 76.5 Å². The van der Waals surface area contributed by atoms with E-state index in [1.807, 2.05) is 0 Å². The Morgan fingerprint density at radius 3 is 1.49 bits per heavy atom. The van der Waals surface area contributed by atoms with Gasteiger partial charge in [-0.3, -0.25) is 28.8 Å². The molecule has 2 heterocycles. The minimum atomic E-state index is -1.85. The highest BCUT2D eigenvalue weighted by atomic mass is 79.9. The summed E-state index contributed by atoms with van der Waals surface area (Å²) in [7, 11) is 0. The van der Waals surface area contributed by atoms with Crippen LogP contribution < -0.4 is 0 Å². The molecule has 16 nitrogen and oxygen atoms in total. The van der Waals surface area contributed by atoms with Crippen LogP contribution in [-0.4, -0.2) is 114 Å². The summed E-state index contributed by atoms with van der Waals surface area (Å²) in [5.41, 5.74) is 0. The van der Waals surface area contributed by atoms with Gasteiger partial charge in [-0.25, -0.2) is 0 Å². The van der Waals surface area contributed by atoms with Crippen molar-refractivity contribution in [3.05, 3.63) is 0 Å². The zero-order valence-electron chi connectivity index (χ0n) is 23.1. The number of carbonyl (C=O) groups excluding carboxylic acids is 6. The highest BCUT2D eigenvalue weighted by molar-refractivity contribution is 9.09. The molecule has 0 aromatic rings. The largest absolute Gasteiger partial charge is 0.463 e. The van der Waals surface area contributed by atoms with E-state index in [4.69, 9.17) is 42.6 Å². The standard InChI is InChI=1S/C24H33BrO16/c1-9(26)33-8-16-18(19(35-11(3)28)21(23(32)39-16)37-13(5)30)41-24-22(38-14(6)31)20(36-12(4)29)17(34-10(2)27)15(7-25)40-24/h15-24,32H,7-8H2,1-6H3/t15-,16-,17-,18-,19+,20+,21-,22-,23-,24+/m1/s1. The van der Waals surface area contributed by atoms with Gasteiger partial charge in [0.15, 0.2) is 43.1 Å². The van der Waals surface area contributed by atoms with E-state index in [0.717, 1.165) is 41.5 Å². The number of rotatable bonds is 10. The summed E-state index contributed by atoms with van der Waals surface area (Å²) in [6, 6.07) is 0. The van der Waals surface area contributed by atoms with Gasteiger partial charge < -0.3 is 47.7 Å². The second kappa shape index (κ2) is 15.4. The third kappa shape index (κ3) is 9.88. The maximum absolute atomic E-state index is 12.1. The maximum atomic E-state index is 12.1. The predicted molar refractivity (Wildman–Crippen MR) is 133 cm³/mol. The number of halogens is 1. The molecule has 0 aromatic heterocycles. The first kappa shape index (κ1) is 34.3. The number of alkyl halides is 1. The lowest BCUT2D eigenvalue weighted by atomic mass is 9.96. The van der Waals surface area contributed by atoms with E-state index in [1.54, 1.807) is 0 Å². The van der Waals surface area contributed by atoms with E-state index < -0.39 is 104 Å². The molecule has 41 heavy (non-hydrogen) atoms. The normalized spacial score (nSPS) is 33.1. The lowest BCUT2D eigenvalue weighted by Gasteiger charge is -2.48. The van der Waals surface area contributed by atoms with Gasteiger partial charge in [0.05, 0.1) is 0 Å². The van der Waals surface area contributed by atoms with Crippen molar-refractivity contribution in [3.8, 4) is 0 Å². The van der Waals surface area contributed by atoms with Crippen molar-refractivity contribution in [3.63, 3.8) is 0 Å². The molecule has 0 unspecified atom stereocenters. The first-order valence-electron chi connectivity index (χ1n) is 12.3. The van der Waals surface area contributed by atoms with E-state index in [-0.39, 0.29) is 5.33 Å². The summed E-state index contributed by atoms with van der Waals surface area (Å²) in [6.07, 6.45) is -14.8. The third-order valence-corrected chi connectivity index (χ3v) is 6.24. The first-order chi connectivity index (χ1) is 19.1. The first-order valence-corrected chi connectivity index (χ1v) is 13.5. The second-order valence-corrected chi connectivity index (χ2v) is 9.68. The molecular weight excluding hydrogens is 624 g/mol. The Morgan fingerprint density at radius 2 is 1.02 bits per heavy atom. The molecule has 0 radical (unpaired) electrons. The van der Waals surface area contributed by atoms with Crippen LogP contribution in [0.1, 0.15) is 41.5 Å². The summed E-state index contributed by atoms with van der Waals surface area (Å²) in [6.45, 7) is 5.92. The molecule has 0 spiro atoms. The van der Waals surface area contributed by atoms with Crippen molar-refractivity contribution in [2.45, 2.75) is 103 Å². The van der Waals surface area contributed by atoms with E-state index >= 15 is 0 Å². The lowest BCUT2D eigenvalue weighted by molar-refractivity contribution is -0.353. The summed E-state index contributed by atoms with van der Waals surface area (Å²) in [5.74, 6) is -4.88. The molecule has 2 aliphatic heterocycles. The number of aliphatic hydroxyl groups is 1. The Labute approximate surface area is 243 Å². The van der Waals surface area contributed by atoms with Crippen molar-refractivity contribution in [1.82, 2.24) is 0 Å². The van der Waals surface area contributed by atoms with Crippen LogP contribution in [0.5, 0.6) is 0 Å². The average Bonchev–Trinajstić information content (AvgIpc) is 2.83. The number of aliphatic hydroxyl groups excluding tert-OH is 1. The molecule has 2 fully saturated rings. The molecule has 0 amide bonds. The maximum Gasteiger partial charge on any atom is 0.303 e. The van der Waals surface area contributed by atoms with Gasteiger partial charge in [-0.1, -0.05) is 15.9 Å². The minimum Gasteiger partial charge on any atom is -0.463 e. The molecule has 10 atom stereocenters. The second-order valence-electron chi connectivity index (χ2n) is 9.04. The van der Waals surface area contributed by atoms with Crippen LogP contribution in [-0.2, 0) is 71.4 Å². The third-order valence-electron chi connectivity index (χ3n) is 5.60. The number of esters is 6. The molecule has 0 aliphatic carbocycles. The predicted octanol–water partition coefficient (Wildman–Crippen LogP) is -0.570. The molecule has 0 saturated carbocycles. The van der Waals surface area contributed by atoms with Crippen LogP contribution in [0, 0.1) is 0 Å². The number of ether oxygens (including phenoxy) is 9. The molecular formula is C24H33BrO16. The fraction of sp³-hybridized carbons (Fsp3) is 0.750. The van der Waals surface area contributed by atoms with Crippen LogP contribution in [0.25, 0.3) is 0 Å². The zero-order valence-corrected chi connectivity index (χ0v) is 24.7. The quantitative estimate of drug-likeness (QED) is 0.177. The molecule has 232 valence electrons. The van der Waals surface area contributed by atoms with Gasteiger partial charge in [0.2, 0.25) is 0 Å². The SMILES string of the molecule is CC(=O)OC[C@H]1O[C@@H](O)[C@H](OC(C)=O)[C@@H](OC(C)=O)[C@@H]1O[C@@H]1O[C@H](CBr)[C@@H](OC(C)=O)[C@H](OC(C)=O)[C@H]1OC(C)=O. The van der Waals surface area contributed by atoms with E-state index in [2.05, 4.69) is 15.9 Å². The molecule has 2 rings (SSSR count). The van der Waals surface area contributed by atoms with Gasteiger partial charge >= 0.3 is 35.8 Å². The van der Waals surface area contributed by atoms with Gasteiger partial charge in [-0.2, -0.15) is 0 Å². The highest BCUT2D eigenvalue weighted by Crippen LogP contribution is 2.35. The summed E-state index contributed by atoms with van der Waals surface area (Å²) < 4.78 is 49.2. The van der Waals surface area contributed by atoms with Crippen LogP contribution in [0.15, 0.2) is 0 Å². The van der Waals surface area contributed by atoms with E-state index in [9.17, 15) is 33.9 Å². The van der Waals surface area contributed by atoms with Gasteiger partial charge in [0, 0.05) is 46.9 Å². The van der Waals surface area contributed by atoms with Crippen LogP contribution in [0.3, 0.4) is 0 Å². The fourth-order valence-corrected chi connectivity index (χ4v) is 4.80. The fourth-order valence-electron chi connectivity index (χ4n) is 4.28. The van der Waals surface area contributed by atoms with Crippen molar-refractivity contribution in [2.75, 3.05) is 11.9 Å². The molecule has 2 saturated heterocycles. The van der Waals surface area contributed by atoms with Crippen molar-refractivity contribution in [2.24, 2.45) is 0 Å². The number of carbonyl (C=O) groups is 6. The van der Waals surface area contributed by atoms with E-state index in [0.29, 0.717) is 0 Å². The van der Waals surface area contributed by atoms with Gasteiger partial charge in [-0.05, 0) is 0 Å². The number of hydrogen-bond donors (Lipinski definition) is 1. The molecule has 0 aromatic carbocycles.